The third-order valence-electron chi connectivity index (χ3n) is 5.01. The Morgan fingerprint density at radius 3 is 2.92 bits per heavy atom. The average molecular weight is 346 g/mol. The second kappa shape index (κ2) is 7.00. The quantitative estimate of drug-likeness (QED) is 0.699. The van der Waals surface area contributed by atoms with E-state index in [0.717, 1.165) is 18.5 Å². The van der Waals surface area contributed by atoms with E-state index in [4.69, 9.17) is 0 Å². The molecule has 1 aromatic rings. The molecule has 7 nitrogen and oxygen atoms in total. The van der Waals surface area contributed by atoms with Gasteiger partial charge in [-0.3, -0.25) is 14.6 Å². The van der Waals surface area contributed by atoms with Gasteiger partial charge < -0.3 is 20.6 Å². The van der Waals surface area contributed by atoms with Crippen molar-refractivity contribution in [1.82, 2.24) is 15.6 Å². The summed E-state index contributed by atoms with van der Waals surface area (Å²) in [6, 6.07) is 3.46. The summed E-state index contributed by atoms with van der Waals surface area (Å²) in [6.07, 6.45) is 3.75. The zero-order valence-electron chi connectivity index (χ0n) is 14.8. The Balaban J connectivity index is 1.73. The molecule has 25 heavy (non-hydrogen) atoms. The lowest BCUT2D eigenvalue weighted by Crippen LogP contribution is -2.49. The summed E-state index contributed by atoms with van der Waals surface area (Å²) in [5.41, 5.74) is 0.779. The van der Waals surface area contributed by atoms with Crippen molar-refractivity contribution in [2.45, 2.75) is 32.7 Å². The van der Waals surface area contributed by atoms with Crippen molar-refractivity contribution in [3.05, 3.63) is 24.0 Å². The summed E-state index contributed by atoms with van der Waals surface area (Å²) in [4.78, 5) is 30.4. The fraction of sp³-hybridized carbons (Fsp3) is 0.611. The van der Waals surface area contributed by atoms with E-state index >= 15 is 0 Å². The van der Waals surface area contributed by atoms with Gasteiger partial charge in [-0.25, -0.2) is 0 Å². The van der Waals surface area contributed by atoms with Crippen molar-refractivity contribution < 1.29 is 14.7 Å². The molecule has 136 valence electrons. The number of amides is 2. The van der Waals surface area contributed by atoms with Gasteiger partial charge in [0.05, 0.1) is 13.2 Å². The first-order valence-electron chi connectivity index (χ1n) is 8.80. The maximum Gasteiger partial charge on any atom is 0.270 e. The molecule has 1 aliphatic carbocycles. The first-order valence-corrected chi connectivity index (χ1v) is 8.80. The van der Waals surface area contributed by atoms with Crippen LogP contribution in [-0.2, 0) is 4.79 Å². The third kappa shape index (κ3) is 4.10. The number of anilines is 1. The normalized spacial score (nSPS) is 19.3. The molecule has 3 rings (SSSR count). The number of nitrogens with zero attached hydrogens (tertiary/aromatic N) is 2. The number of aliphatic hydroxyl groups excluding tert-OH is 1. The lowest BCUT2D eigenvalue weighted by Gasteiger charge is -2.33. The van der Waals surface area contributed by atoms with E-state index in [9.17, 15) is 14.7 Å². The number of hydrogen-bond acceptors (Lipinski definition) is 5. The van der Waals surface area contributed by atoms with E-state index in [1.54, 1.807) is 12.3 Å². The summed E-state index contributed by atoms with van der Waals surface area (Å²) in [6.45, 7) is 5.53. The first-order chi connectivity index (χ1) is 11.9. The molecule has 2 aliphatic rings. The molecular weight excluding hydrogens is 320 g/mol. The fourth-order valence-electron chi connectivity index (χ4n) is 3.29. The number of aliphatic hydroxyl groups is 1. The van der Waals surface area contributed by atoms with Gasteiger partial charge in [0.1, 0.15) is 5.69 Å². The Morgan fingerprint density at radius 2 is 2.28 bits per heavy atom. The van der Waals surface area contributed by atoms with Gasteiger partial charge in [0, 0.05) is 36.4 Å². The smallest absolute Gasteiger partial charge is 0.270 e. The molecule has 1 saturated carbocycles. The average Bonchev–Trinajstić information content (AvgIpc) is 3.44. The Labute approximate surface area is 147 Å². The van der Waals surface area contributed by atoms with Crippen molar-refractivity contribution in [3.8, 4) is 0 Å². The minimum atomic E-state index is -0.376. The number of piperazine rings is 1. The molecule has 0 bridgehead atoms. The van der Waals surface area contributed by atoms with Crippen LogP contribution < -0.4 is 15.5 Å². The van der Waals surface area contributed by atoms with Gasteiger partial charge in [-0.1, -0.05) is 13.8 Å². The molecule has 1 aromatic heterocycles. The monoisotopic (exact) mass is 346 g/mol. The minimum absolute atomic E-state index is 0.0187. The van der Waals surface area contributed by atoms with Gasteiger partial charge in [0.15, 0.2) is 0 Å². The van der Waals surface area contributed by atoms with Crippen LogP contribution in [-0.4, -0.2) is 54.2 Å². The number of rotatable bonds is 6. The van der Waals surface area contributed by atoms with E-state index in [1.165, 1.54) is 0 Å². The largest absolute Gasteiger partial charge is 0.396 e. The van der Waals surface area contributed by atoms with Gasteiger partial charge in [-0.05, 0) is 30.9 Å². The number of nitrogens with one attached hydrogen (secondary N) is 2. The Kier molecular flexibility index (Phi) is 4.94. The summed E-state index contributed by atoms with van der Waals surface area (Å²) in [7, 11) is 0. The van der Waals surface area contributed by atoms with E-state index in [0.29, 0.717) is 24.7 Å². The molecule has 0 spiro atoms. The van der Waals surface area contributed by atoms with E-state index in [-0.39, 0.29) is 36.4 Å². The molecular formula is C18H26N4O3. The van der Waals surface area contributed by atoms with Crippen LogP contribution in [0.5, 0.6) is 0 Å². The van der Waals surface area contributed by atoms with Crippen LogP contribution in [0.3, 0.4) is 0 Å². The number of carbonyl (C=O) groups excluding carboxylic acids is 2. The van der Waals surface area contributed by atoms with E-state index in [1.807, 2.05) is 24.8 Å². The van der Waals surface area contributed by atoms with Crippen LogP contribution in [0, 0.1) is 11.3 Å². The highest BCUT2D eigenvalue weighted by Crippen LogP contribution is 2.40. The Bertz CT molecular complexity index is 657. The van der Waals surface area contributed by atoms with Crippen LogP contribution in [0.2, 0.25) is 0 Å². The number of aromatic nitrogens is 1. The maximum absolute atomic E-state index is 12.7. The zero-order valence-corrected chi connectivity index (χ0v) is 14.8. The van der Waals surface area contributed by atoms with Crippen molar-refractivity contribution >= 4 is 17.5 Å². The van der Waals surface area contributed by atoms with Gasteiger partial charge in [-0.2, -0.15) is 0 Å². The highest BCUT2D eigenvalue weighted by molar-refractivity contribution is 5.93. The molecule has 1 unspecified atom stereocenters. The SMILES string of the molecule is CC(C)(CO)C(NC(=O)c1cc(N2CCNC(=O)C2)ccn1)C1CC1. The third-order valence-corrected chi connectivity index (χ3v) is 5.01. The van der Waals surface area contributed by atoms with Crippen molar-refractivity contribution in [1.29, 1.82) is 0 Å². The maximum atomic E-state index is 12.7. The molecule has 0 radical (unpaired) electrons. The second-order valence-electron chi connectivity index (χ2n) is 7.61. The summed E-state index contributed by atoms with van der Waals surface area (Å²) >= 11 is 0. The molecule has 2 amide bonds. The van der Waals surface area contributed by atoms with Gasteiger partial charge in [-0.15, -0.1) is 0 Å². The summed E-state index contributed by atoms with van der Waals surface area (Å²) in [5, 5.41) is 15.5. The molecule has 2 heterocycles. The van der Waals surface area contributed by atoms with Crippen LogP contribution in [0.15, 0.2) is 18.3 Å². The number of pyridine rings is 1. The van der Waals surface area contributed by atoms with Gasteiger partial charge in [0.25, 0.3) is 5.91 Å². The molecule has 3 N–H and O–H groups in total. The van der Waals surface area contributed by atoms with Crippen LogP contribution in [0.1, 0.15) is 37.2 Å². The van der Waals surface area contributed by atoms with E-state index < -0.39 is 0 Å². The topological polar surface area (TPSA) is 94.6 Å². The molecule has 1 saturated heterocycles. The van der Waals surface area contributed by atoms with Crippen molar-refractivity contribution in [3.63, 3.8) is 0 Å². The Hall–Kier alpha value is -2.15. The molecule has 7 heteroatoms. The molecule has 1 atom stereocenters. The van der Waals surface area contributed by atoms with Crippen LogP contribution >= 0.6 is 0 Å². The number of carbonyl (C=O) groups is 2. The van der Waals surface area contributed by atoms with Gasteiger partial charge >= 0.3 is 0 Å². The first kappa shape index (κ1) is 17.7. The van der Waals surface area contributed by atoms with E-state index in [2.05, 4.69) is 15.6 Å². The minimum Gasteiger partial charge on any atom is -0.396 e. The lowest BCUT2D eigenvalue weighted by atomic mass is 9.82. The van der Waals surface area contributed by atoms with Crippen LogP contribution in [0.25, 0.3) is 0 Å². The predicted molar refractivity (Wildman–Crippen MR) is 94.3 cm³/mol. The zero-order chi connectivity index (χ0) is 18.0. The highest BCUT2D eigenvalue weighted by Gasteiger charge is 2.42. The fourth-order valence-corrected chi connectivity index (χ4v) is 3.29. The van der Waals surface area contributed by atoms with Crippen LogP contribution in [0.4, 0.5) is 5.69 Å². The molecule has 1 aliphatic heterocycles. The highest BCUT2D eigenvalue weighted by atomic mass is 16.3. The molecule has 0 aromatic carbocycles. The Morgan fingerprint density at radius 1 is 1.52 bits per heavy atom. The van der Waals surface area contributed by atoms with Crippen molar-refractivity contribution in [2.24, 2.45) is 11.3 Å². The van der Waals surface area contributed by atoms with Gasteiger partial charge in [0.2, 0.25) is 5.91 Å². The number of hydrogen-bond donors (Lipinski definition) is 3. The summed E-state index contributed by atoms with van der Waals surface area (Å²) in [5.74, 6) is 0.161. The van der Waals surface area contributed by atoms with Crippen molar-refractivity contribution in [2.75, 3.05) is 31.1 Å². The second-order valence-corrected chi connectivity index (χ2v) is 7.61. The summed E-state index contributed by atoms with van der Waals surface area (Å²) < 4.78 is 0. The predicted octanol–water partition coefficient (Wildman–Crippen LogP) is 0.545. The standard InChI is InChI=1S/C18H26N4O3/c1-18(2,11-23)16(12-3-4-12)21-17(25)14-9-13(5-6-19-14)22-8-7-20-15(24)10-22/h5-6,9,12,16,23H,3-4,7-8,10-11H2,1-2H3,(H,20,24)(H,21,25). The lowest BCUT2D eigenvalue weighted by molar-refractivity contribution is -0.120. The molecule has 2 fully saturated rings.